The van der Waals surface area contributed by atoms with Crippen LogP contribution < -0.4 is 0 Å². The van der Waals surface area contributed by atoms with Gasteiger partial charge in [-0.15, -0.1) is 11.8 Å². The Morgan fingerprint density at radius 1 is 1.26 bits per heavy atom. The number of hydrogen-bond donors (Lipinski definition) is 0. The molecule has 0 N–H and O–H groups in total. The van der Waals surface area contributed by atoms with Crippen molar-refractivity contribution in [3.63, 3.8) is 0 Å². The van der Waals surface area contributed by atoms with Crippen LogP contribution in [0.25, 0.3) is 0 Å². The number of thioether (sulfide) groups is 1. The Kier molecular flexibility index (Phi) is 3.99. The normalized spacial score (nSPS) is 39.7. The van der Waals surface area contributed by atoms with Crippen LogP contribution in [0.4, 0.5) is 0 Å². The smallest absolute Gasteiger partial charge is 0.333 e. The monoisotopic (exact) mass is 284 g/mol. The Morgan fingerprint density at radius 2 is 1.95 bits per heavy atom. The fraction of sp³-hybridized carbons (Fsp3) is 0.615. The van der Waals surface area contributed by atoms with E-state index in [9.17, 15) is 14.4 Å². The van der Waals surface area contributed by atoms with E-state index < -0.39 is 18.2 Å². The number of rotatable bonds is 5. The zero-order chi connectivity index (χ0) is 14.2. The molecule has 2 aliphatic heterocycles. The van der Waals surface area contributed by atoms with Crippen molar-refractivity contribution >= 4 is 30.5 Å². The molecule has 0 aliphatic carbocycles. The van der Waals surface area contributed by atoms with Gasteiger partial charge in [0.2, 0.25) is 0 Å². The molecule has 0 radical (unpaired) electrons. The van der Waals surface area contributed by atoms with E-state index in [1.807, 2.05) is 6.92 Å². The number of ether oxygens (including phenoxy) is 2. The highest BCUT2D eigenvalue weighted by molar-refractivity contribution is 8.01. The lowest BCUT2D eigenvalue weighted by Gasteiger charge is -2.34. The first-order chi connectivity index (χ1) is 9.01. The van der Waals surface area contributed by atoms with Crippen LogP contribution in [0.2, 0.25) is 0 Å². The van der Waals surface area contributed by atoms with E-state index in [-0.39, 0.29) is 27.9 Å². The molecule has 2 bridgehead atoms. The molecule has 0 spiro atoms. The molecule has 0 amide bonds. The van der Waals surface area contributed by atoms with Crippen molar-refractivity contribution in [2.45, 2.75) is 36.6 Å². The molecular weight excluding hydrogens is 268 g/mol. The minimum Gasteiger partial charge on any atom is -0.459 e. The Hall–Kier alpha value is -1.30. The fourth-order valence-corrected chi connectivity index (χ4v) is 4.76. The lowest BCUT2D eigenvalue weighted by atomic mass is 9.78. The second-order valence-corrected chi connectivity index (χ2v) is 6.35. The number of esters is 1. The zero-order valence-electron chi connectivity index (χ0n) is 10.8. The van der Waals surface area contributed by atoms with Crippen LogP contribution in [0, 0.1) is 11.8 Å². The molecule has 6 atom stereocenters. The highest BCUT2D eigenvalue weighted by atomic mass is 32.2. The minimum atomic E-state index is -0.573. The van der Waals surface area contributed by atoms with Gasteiger partial charge in [-0.1, -0.05) is 13.5 Å². The maximum absolute atomic E-state index is 11.6. The first-order valence-corrected chi connectivity index (χ1v) is 7.02. The lowest BCUT2D eigenvalue weighted by Crippen LogP contribution is -2.49. The SMILES string of the molecule is C=C(C)C(=O)OC1C(OC=O)C2SC1C(C=O)C2C. The maximum Gasteiger partial charge on any atom is 0.333 e. The van der Waals surface area contributed by atoms with Gasteiger partial charge < -0.3 is 14.3 Å². The van der Waals surface area contributed by atoms with Crippen molar-refractivity contribution in [3.05, 3.63) is 12.2 Å². The Bertz CT molecular complexity index is 419. The summed E-state index contributed by atoms with van der Waals surface area (Å²) in [5.74, 6) is -0.586. The molecule has 2 fully saturated rings. The standard InChI is InChI=1S/C13H16O5S/c1-6(2)13(16)18-10-9(17-5-15)11-7(3)8(4-14)12(10)19-11/h4-5,7-12H,1H2,2-3H3. The van der Waals surface area contributed by atoms with Gasteiger partial charge in [0.1, 0.15) is 6.29 Å². The molecule has 0 aromatic heterocycles. The van der Waals surface area contributed by atoms with Crippen LogP contribution in [0.1, 0.15) is 13.8 Å². The largest absolute Gasteiger partial charge is 0.459 e. The van der Waals surface area contributed by atoms with E-state index >= 15 is 0 Å². The molecular formula is C13H16O5S. The van der Waals surface area contributed by atoms with Crippen molar-refractivity contribution in [3.8, 4) is 0 Å². The van der Waals surface area contributed by atoms with Gasteiger partial charge in [-0.05, 0) is 12.8 Å². The molecule has 19 heavy (non-hydrogen) atoms. The summed E-state index contributed by atoms with van der Waals surface area (Å²) in [6, 6.07) is 0. The quantitative estimate of drug-likeness (QED) is 0.425. The fourth-order valence-electron chi connectivity index (χ4n) is 2.74. The zero-order valence-corrected chi connectivity index (χ0v) is 11.6. The van der Waals surface area contributed by atoms with E-state index in [1.54, 1.807) is 18.7 Å². The van der Waals surface area contributed by atoms with Crippen LogP contribution in [0.3, 0.4) is 0 Å². The summed E-state index contributed by atoms with van der Waals surface area (Å²) < 4.78 is 10.4. The van der Waals surface area contributed by atoms with Crippen LogP contribution >= 0.6 is 11.8 Å². The Balaban J connectivity index is 2.19. The van der Waals surface area contributed by atoms with E-state index in [1.165, 1.54) is 0 Å². The van der Waals surface area contributed by atoms with Crippen molar-refractivity contribution in [1.82, 2.24) is 0 Å². The predicted octanol–water partition coefficient (Wildman–Crippen LogP) is 0.965. The molecule has 104 valence electrons. The lowest BCUT2D eigenvalue weighted by molar-refractivity contribution is -0.161. The third-order valence-electron chi connectivity index (χ3n) is 3.75. The predicted molar refractivity (Wildman–Crippen MR) is 69.5 cm³/mol. The van der Waals surface area contributed by atoms with Crippen molar-refractivity contribution in [2.75, 3.05) is 0 Å². The molecule has 2 rings (SSSR count). The number of hydrogen-bond acceptors (Lipinski definition) is 6. The third-order valence-corrected chi connectivity index (χ3v) is 5.66. The van der Waals surface area contributed by atoms with Crippen molar-refractivity contribution in [1.29, 1.82) is 0 Å². The summed E-state index contributed by atoms with van der Waals surface area (Å²) in [5, 5.41) is -0.154. The van der Waals surface area contributed by atoms with Gasteiger partial charge in [0.05, 0.1) is 5.25 Å². The summed E-state index contributed by atoms with van der Waals surface area (Å²) >= 11 is 1.56. The summed E-state index contributed by atoms with van der Waals surface area (Å²) in [6.45, 7) is 7.40. The number of carbonyl (C=O) groups is 3. The number of aldehydes is 1. The molecule has 5 nitrogen and oxygen atoms in total. The third kappa shape index (κ3) is 2.29. The first kappa shape index (κ1) is 14.1. The molecule has 2 saturated heterocycles. The average molecular weight is 284 g/mol. The summed E-state index contributed by atoms with van der Waals surface area (Å²) in [7, 11) is 0. The van der Waals surface area contributed by atoms with E-state index in [2.05, 4.69) is 6.58 Å². The van der Waals surface area contributed by atoms with Crippen LogP contribution in [0.5, 0.6) is 0 Å². The van der Waals surface area contributed by atoms with Gasteiger partial charge in [-0.3, -0.25) is 4.79 Å². The summed E-state index contributed by atoms with van der Waals surface area (Å²) in [5.41, 5.74) is 0.285. The van der Waals surface area contributed by atoms with E-state index in [0.29, 0.717) is 6.47 Å². The van der Waals surface area contributed by atoms with Gasteiger partial charge in [-0.2, -0.15) is 0 Å². The molecule has 2 aliphatic rings. The van der Waals surface area contributed by atoms with Gasteiger partial charge in [0.25, 0.3) is 6.47 Å². The first-order valence-electron chi connectivity index (χ1n) is 6.07. The second kappa shape index (κ2) is 5.36. The molecule has 6 unspecified atom stereocenters. The number of fused-ring (bicyclic) bond motifs is 2. The van der Waals surface area contributed by atoms with Gasteiger partial charge >= 0.3 is 5.97 Å². The van der Waals surface area contributed by atoms with E-state index in [4.69, 9.17) is 9.47 Å². The topological polar surface area (TPSA) is 69.7 Å². The van der Waals surface area contributed by atoms with Crippen LogP contribution in [-0.2, 0) is 23.9 Å². The highest BCUT2D eigenvalue weighted by Gasteiger charge is 2.60. The van der Waals surface area contributed by atoms with Crippen molar-refractivity contribution in [2.24, 2.45) is 11.8 Å². The minimum absolute atomic E-state index is 0.00618. The molecule has 0 saturated carbocycles. The van der Waals surface area contributed by atoms with Crippen LogP contribution in [-0.4, -0.2) is 41.4 Å². The molecule has 2 heterocycles. The van der Waals surface area contributed by atoms with Gasteiger partial charge in [0, 0.05) is 16.7 Å². The molecule has 0 aromatic rings. The van der Waals surface area contributed by atoms with Gasteiger partial charge in [-0.25, -0.2) is 4.79 Å². The summed E-state index contributed by atoms with van der Waals surface area (Å²) in [4.78, 5) is 33.4. The molecule has 0 aromatic carbocycles. The molecule has 6 heteroatoms. The Morgan fingerprint density at radius 3 is 2.47 bits per heavy atom. The summed E-state index contributed by atoms with van der Waals surface area (Å²) in [6.07, 6.45) is -0.154. The van der Waals surface area contributed by atoms with Crippen LogP contribution in [0.15, 0.2) is 12.2 Å². The van der Waals surface area contributed by atoms with Gasteiger partial charge in [0.15, 0.2) is 12.2 Å². The maximum atomic E-state index is 11.6. The number of carbonyl (C=O) groups excluding carboxylic acids is 3. The van der Waals surface area contributed by atoms with E-state index in [0.717, 1.165) is 6.29 Å². The second-order valence-electron chi connectivity index (χ2n) is 4.99. The highest BCUT2D eigenvalue weighted by Crippen LogP contribution is 2.54. The Labute approximate surface area is 115 Å². The van der Waals surface area contributed by atoms with Crippen molar-refractivity contribution < 1.29 is 23.9 Å². The average Bonchev–Trinajstić information content (AvgIpc) is 2.86.